The van der Waals surface area contributed by atoms with Crippen LogP contribution < -0.4 is 0 Å². The number of esters is 1. The van der Waals surface area contributed by atoms with Crippen molar-refractivity contribution in [3.05, 3.63) is 59.5 Å². The SMILES string of the molecule is COC(=O)C1CCCN1CC(=O)N1N=C(c2ccc(C)cc2)CC1c1ccco1. The number of rotatable bonds is 5. The highest BCUT2D eigenvalue weighted by Crippen LogP contribution is 2.33. The average molecular weight is 395 g/mol. The number of hydrogen-bond donors (Lipinski definition) is 0. The molecule has 2 aromatic rings. The smallest absolute Gasteiger partial charge is 0.323 e. The normalized spacial score (nSPS) is 22.0. The van der Waals surface area contributed by atoms with Gasteiger partial charge in [-0.3, -0.25) is 14.5 Å². The molecule has 0 aliphatic carbocycles. The van der Waals surface area contributed by atoms with Gasteiger partial charge in [0.1, 0.15) is 17.8 Å². The van der Waals surface area contributed by atoms with E-state index in [0.717, 1.165) is 17.7 Å². The molecular formula is C22H25N3O4. The fraction of sp³-hybridized carbons (Fsp3) is 0.409. The molecule has 7 heteroatoms. The van der Waals surface area contributed by atoms with Crippen LogP contribution in [0.5, 0.6) is 0 Å². The van der Waals surface area contributed by atoms with Gasteiger partial charge in [-0.05, 0) is 44.0 Å². The molecule has 0 spiro atoms. The molecule has 0 saturated carbocycles. The fourth-order valence-corrected chi connectivity index (χ4v) is 4.03. The van der Waals surface area contributed by atoms with Gasteiger partial charge in [0.15, 0.2) is 0 Å². The molecule has 4 rings (SSSR count). The minimum atomic E-state index is -0.367. The predicted octanol–water partition coefficient (Wildman–Crippen LogP) is 2.90. The van der Waals surface area contributed by atoms with Crippen LogP contribution in [0, 0.1) is 6.92 Å². The molecule has 3 heterocycles. The zero-order valence-corrected chi connectivity index (χ0v) is 16.7. The first-order valence-corrected chi connectivity index (χ1v) is 9.88. The van der Waals surface area contributed by atoms with E-state index in [4.69, 9.17) is 9.15 Å². The van der Waals surface area contributed by atoms with Gasteiger partial charge in [-0.2, -0.15) is 5.10 Å². The maximum Gasteiger partial charge on any atom is 0.323 e. The Morgan fingerprint density at radius 1 is 1.24 bits per heavy atom. The first kappa shape index (κ1) is 19.4. The van der Waals surface area contributed by atoms with Crippen molar-refractivity contribution in [1.29, 1.82) is 0 Å². The van der Waals surface area contributed by atoms with Crippen LogP contribution in [0.4, 0.5) is 0 Å². The van der Waals surface area contributed by atoms with Gasteiger partial charge in [0.25, 0.3) is 5.91 Å². The Kier molecular flexibility index (Phi) is 5.49. The highest BCUT2D eigenvalue weighted by Gasteiger charge is 2.38. The molecule has 152 valence electrons. The third kappa shape index (κ3) is 3.96. The summed E-state index contributed by atoms with van der Waals surface area (Å²) in [5.41, 5.74) is 3.02. The molecule has 2 aliphatic rings. The number of furan rings is 1. The lowest BCUT2D eigenvalue weighted by Gasteiger charge is -2.25. The Labute approximate surface area is 169 Å². The van der Waals surface area contributed by atoms with Gasteiger partial charge in [0.05, 0.1) is 25.6 Å². The van der Waals surface area contributed by atoms with Crippen LogP contribution in [0.15, 0.2) is 52.2 Å². The van der Waals surface area contributed by atoms with E-state index in [1.807, 2.05) is 48.2 Å². The topological polar surface area (TPSA) is 75.3 Å². The second-order valence-electron chi connectivity index (χ2n) is 7.54. The summed E-state index contributed by atoms with van der Waals surface area (Å²) in [6.07, 6.45) is 3.77. The van der Waals surface area contributed by atoms with Crippen molar-refractivity contribution in [2.75, 3.05) is 20.2 Å². The van der Waals surface area contributed by atoms with Crippen LogP contribution in [-0.2, 0) is 14.3 Å². The highest BCUT2D eigenvalue weighted by molar-refractivity contribution is 6.03. The van der Waals surface area contributed by atoms with E-state index in [1.54, 1.807) is 6.26 Å². The first-order chi connectivity index (χ1) is 14.1. The summed E-state index contributed by atoms with van der Waals surface area (Å²) < 4.78 is 10.5. The maximum atomic E-state index is 13.2. The van der Waals surface area contributed by atoms with Crippen molar-refractivity contribution in [3.63, 3.8) is 0 Å². The van der Waals surface area contributed by atoms with Crippen molar-refractivity contribution in [3.8, 4) is 0 Å². The second kappa shape index (κ2) is 8.21. The van der Waals surface area contributed by atoms with Crippen LogP contribution in [0.3, 0.4) is 0 Å². The summed E-state index contributed by atoms with van der Waals surface area (Å²) >= 11 is 0. The molecule has 1 aromatic heterocycles. The third-order valence-electron chi connectivity index (χ3n) is 5.60. The number of nitrogens with zero attached hydrogens (tertiary/aromatic N) is 3. The van der Waals surface area contributed by atoms with Crippen molar-refractivity contribution in [2.24, 2.45) is 5.10 Å². The summed E-state index contributed by atoms with van der Waals surface area (Å²) in [5, 5.41) is 6.17. The summed E-state index contributed by atoms with van der Waals surface area (Å²) in [6.45, 7) is 2.86. The molecule has 29 heavy (non-hydrogen) atoms. The molecule has 1 fully saturated rings. The lowest BCUT2D eigenvalue weighted by molar-refractivity contribution is -0.147. The van der Waals surface area contributed by atoms with Crippen molar-refractivity contribution < 1.29 is 18.7 Å². The molecule has 0 radical (unpaired) electrons. The number of carbonyl (C=O) groups is 2. The van der Waals surface area contributed by atoms with E-state index in [-0.39, 0.29) is 30.5 Å². The lowest BCUT2D eigenvalue weighted by Crippen LogP contribution is -2.43. The Morgan fingerprint density at radius 2 is 2.03 bits per heavy atom. The molecule has 7 nitrogen and oxygen atoms in total. The Hall–Kier alpha value is -2.93. The molecule has 2 unspecified atom stereocenters. The number of ether oxygens (including phenoxy) is 1. The Balaban J connectivity index is 1.57. The van der Waals surface area contributed by atoms with Gasteiger partial charge < -0.3 is 9.15 Å². The van der Waals surface area contributed by atoms with E-state index in [1.165, 1.54) is 17.7 Å². The largest absolute Gasteiger partial charge is 0.468 e. The molecular weight excluding hydrogens is 370 g/mol. The van der Waals surface area contributed by atoms with Gasteiger partial charge in [0.2, 0.25) is 0 Å². The van der Waals surface area contributed by atoms with E-state index in [9.17, 15) is 9.59 Å². The second-order valence-corrected chi connectivity index (χ2v) is 7.54. The predicted molar refractivity (Wildman–Crippen MR) is 107 cm³/mol. The number of hydrogen-bond acceptors (Lipinski definition) is 6. The highest BCUT2D eigenvalue weighted by atomic mass is 16.5. The molecule has 0 N–H and O–H groups in total. The molecule has 2 aliphatic heterocycles. The third-order valence-corrected chi connectivity index (χ3v) is 5.60. The van der Waals surface area contributed by atoms with Gasteiger partial charge in [-0.15, -0.1) is 0 Å². The van der Waals surface area contributed by atoms with Crippen molar-refractivity contribution >= 4 is 17.6 Å². The van der Waals surface area contributed by atoms with E-state index < -0.39 is 0 Å². The molecule has 1 amide bonds. The van der Waals surface area contributed by atoms with E-state index in [0.29, 0.717) is 25.1 Å². The number of hydrazone groups is 1. The summed E-state index contributed by atoms with van der Waals surface area (Å²) in [5.74, 6) is 0.266. The standard InChI is InChI=1S/C22H25N3O4/c1-15-7-9-16(10-8-15)17-13-19(20-6-4-12-29-20)25(23-17)21(26)14-24-11-3-5-18(24)22(27)28-2/h4,6-10,12,18-19H,3,5,11,13-14H2,1-2H3. The lowest BCUT2D eigenvalue weighted by atomic mass is 10.0. The number of benzene rings is 1. The maximum absolute atomic E-state index is 13.2. The summed E-state index contributed by atoms with van der Waals surface area (Å²) in [4.78, 5) is 27.1. The quantitative estimate of drug-likeness (QED) is 0.728. The number of amides is 1. The summed E-state index contributed by atoms with van der Waals surface area (Å²) in [6, 6.07) is 11.2. The van der Waals surface area contributed by atoms with Crippen LogP contribution in [0.1, 0.15) is 42.2 Å². The monoisotopic (exact) mass is 395 g/mol. The van der Waals surface area contributed by atoms with Gasteiger partial charge in [-0.25, -0.2) is 5.01 Å². The number of carbonyl (C=O) groups excluding carboxylic acids is 2. The first-order valence-electron chi connectivity index (χ1n) is 9.88. The minimum absolute atomic E-state index is 0.127. The molecule has 0 bridgehead atoms. The van der Waals surface area contributed by atoms with Crippen molar-refractivity contribution in [1.82, 2.24) is 9.91 Å². The molecule has 2 atom stereocenters. The fourth-order valence-electron chi connectivity index (χ4n) is 4.03. The minimum Gasteiger partial charge on any atom is -0.468 e. The van der Waals surface area contributed by atoms with Gasteiger partial charge >= 0.3 is 5.97 Å². The molecule has 1 saturated heterocycles. The van der Waals surface area contributed by atoms with Crippen LogP contribution in [-0.4, -0.2) is 53.7 Å². The zero-order chi connectivity index (χ0) is 20.4. The number of likely N-dealkylation sites (tertiary alicyclic amines) is 1. The van der Waals surface area contributed by atoms with Crippen LogP contribution in [0.25, 0.3) is 0 Å². The van der Waals surface area contributed by atoms with E-state index in [2.05, 4.69) is 5.10 Å². The average Bonchev–Trinajstić information content (AvgIpc) is 3.47. The Bertz CT molecular complexity index is 905. The van der Waals surface area contributed by atoms with Crippen LogP contribution in [0.2, 0.25) is 0 Å². The summed E-state index contributed by atoms with van der Waals surface area (Å²) in [7, 11) is 1.38. The number of methoxy groups -OCH3 is 1. The van der Waals surface area contributed by atoms with Gasteiger partial charge in [-0.1, -0.05) is 29.8 Å². The van der Waals surface area contributed by atoms with E-state index >= 15 is 0 Å². The van der Waals surface area contributed by atoms with Crippen molar-refractivity contribution in [2.45, 2.75) is 38.3 Å². The van der Waals surface area contributed by atoms with Crippen LogP contribution >= 0.6 is 0 Å². The number of aryl methyl sites for hydroxylation is 1. The molecule has 1 aromatic carbocycles. The zero-order valence-electron chi connectivity index (χ0n) is 16.7. The van der Waals surface area contributed by atoms with Gasteiger partial charge in [0, 0.05) is 6.42 Å². The Morgan fingerprint density at radius 3 is 2.72 bits per heavy atom.